The van der Waals surface area contributed by atoms with Crippen LogP contribution in [0.15, 0.2) is 57.7 Å². The topological polar surface area (TPSA) is 73.8 Å². The van der Waals surface area contributed by atoms with E-state index in [1.165, 1.54) is 5.00 Å². The van der Waals surface area contributed by atoms with E-state index in [1.54, 1.807) is 35.6 Å². The van der Waals surface area contributed by atoms with Crippen LogP contribution in [-0.2, 0) is 9.84 Å². The molecule has 6 nitrogen and oxygen atoms in total. The second kappa shape index (κ2) is 12.5. The van der Waals surface area contributed by atoms with Crippen LogP contribution < -0.4 is 15.5 Å². The van der Waals surface area contributed by atoms with Gasteiger partial charge in [-0.15, -0.1) is 35.3 Å². The minimum atomic E-state index is -3.24. The third-order valence-electron chi connectivity index (χ3n) is 4.94. The molecular weight excluding hydrogens is 531 g/mol. The fourth-order valence-electron chi connectivity index (χ4n) is 3.40. The molecule has 1 saturated heterocycles. The van der Waals surface area contributed by atoms with Gasteiger partial charge in [-0.2, -0.15) is 0 Å². The van der Waals surface area contributed by atoms with Crippen LogP contribution in [-0.4, -0.2) is 52.4 Å². The number of hydrogen-bond acceptors (Lipinski definition) is 5. The van der Waals surface area contributed by atoms with E-state index in [0.717, 1.165) is 38.4 Å². The molecule has 2 aromatic rings. The molecule has 0 amide bonds. The SMILES string of the molecule is CCNC(=NCCCS(=O)(=O)c1ccccc1)NC1CCN(c2cccs2)CC1.I. The zero-order valence-corrected chi connectivity index (χ0v) is 21.3. The van der Waals surface area contributed by atoms with Crippen molar-refractivity contribution < 1.29 is 8.42 Å². The molecule has 166 valence electrons. The monoisotopic (exact) mass is 562 g/mol. The standard InChI is InChI=1S/C21H30N4O2S2.HI/c1-2-22-21(23-13-7-17-29(26,27)19-8-4-3-5-9-19)24-18-11-14-25(15-12-18)20-10-6-16-28-20;/h3-6,8-10,16,18H,2,7,11-15,17H2,1H3,(H2,22,23,24);1H. The van der Waals surface area contributed by atoms with E-state index in [-0.39, 0.29) is 29.7 Å². The Hall–Kier alpha value is -1.33. The number of rotatable bonds is 8. The molecule has 1 aliphatic rings. The molecule has 30 heavy (non-hydrogen) atoms. The van der Waals surface area contributed by atoms with E-state index in [0.29, 0.717) is 23.9 Å². The first-order valence-electron chi connectivity index (χ1n) is 10.2. The fraction of sp³-hybridized carbons (Fsp3) is 0.476. The Morgan fingerprint density at radius 1 is 1.17 bits per heavy atom. The Balaban J connectivity index is 0.00000320. The van der Waals surface area contributed by atoms with Crippen molar-refractivity contribution in [3.05, 3.63) is 47.8 Å². The maximum atomic E-state index is 12.4. The highest BCUT2D eigenvalue weighted by molar-refractivity contribution is 14.0. The van der Waals surface area contributed by atoms with Crippen molar-refractivity contribution in [3.8, 4) is 0 Å². The number of benzene rings is 1. The highest BCUT2D eigenvalue weighted by Gasteiger charge is 2.20. The number of nitrogens with one attached hydrogen (secondary N) is 2. The zero-order chi connectivity index (χ0) is 20.5. The lowest BCUT2D eigenvalue weighted by Gasteiger charge is -2.33. The molecule has 1 aromatic carbocycles. The highest BCUT2D eigenvalue weighted by atomic mass is 127. The molecule has 0 atom stereocenters. The van der Waals surface area contributed by atoms with E-state index in [1.807, 2.05) is 13.0 Å². The Bertz CT molecular complexity index is 866. The van der Waals surface area contributed by atoms with Crippen molar-refractivity contribution in [1.29, 1.82) is 0 Å². The van der Waals surface area contributed by atoms with Gasteiger partial charge in [0.15, 0.2) is 15.8 Å². The van der Waals surface area contributed by atoms with Crippen LogP contribution in [0.4, 0.5) is 5.00 Å². The lowest BCUT2D eigenvalue weighted by atomic mass is 10.1. The van der Waals surface area contributed by atoms with Gasteiger partial charge >= 0.3 is 0 Å². The fourth-order valence-corrected chi connectivity index (χ4v) is 5.50. The van der Waals surface area contributed by atoms with Gasteiger partial charge in [0, 0.05) is 32.2 Å². The van der Waals surface area contributed by atoms with E-state index >= 15 is 0 Å². The average molecular weight is 563 g/mol. The Morgan fingerprint density at radius 3 is 2.53 bits per heavy atom. The van der Waals surface area contributed by atoms with Crippen molar-refractivity contribution in [1.82, 2.24) is 10.6 Å². The van der Waals surface area contributed by atoms with Gasteiger partial charge in [0.25, 0.3) is 0 Å². The quantitative estimate of drug-likeness (QED) is 0.222. The number of anilines is 1. The number of guanidine groups is 1. The van der Waals surface area contributed by atoms with E-state index in [2.05, 4.69) is 38.0 Å². The Kier molecular flexibility index (Phi) is 10.4. The highest BCUT2D eigenvalue weighted by Crippen LogP contribution is 2.24. The van der Waals surface area contributed by atoms with Crippen LogP contribution in [0.2, 0.25) is 0 Å². The van der Waals surface area contributed by atoms with Crippen molar-refractivity contribution in [2.24, 2.45) is 4.99 Å². The van der Waals surface area contributed by atoms with Gasteiger partial charge in [0.2, 0.25) is 0 Å². The van der Waals surface area contributed by atoms with Crippen LogP contribution in [0.3, 0.4) is 0 Å². The first kappa shape index (κ1) is 24.9. The smallest absolute Gasteiger partial charge is 0.191 e. The van der Waals surface area contributed by atoms with Gasteiger partial charge in [-0.25, -0.2) is 8.42 Å². The summed E-state index contributed by atoms with van der Waals surface area (Å²) in [5.41, 5.74) is 0. The van der Waals surface area contributed by atoms with Crippen molar-refractivity contribution in [2.75, 3.05) is 36.8 Å². The molecule has 2 heterocycles. The number of nitrogens with zero attached hydrogens (tertiary/aromatic N) is 2. The number of thiophene rings is 1. The first-order valence-corrected chi connectivity index (χ1v) is 12.7. The number of hydrogen-bond donors (Lipinski definition) is 2. The summed E-state index contributed by atoms with van der Waals surface area (Å²) >= 11 is 1.79. The molecule has 9 heteroatoms. The lowest BCUT2D eigenvalue weighted by Crippen LogP contribution is -2.48. The average Bonchev–Trinajstić information content (AvgIpc) is 3.27. The van der Waals surface area contributed by atoms with Crippen molar-refractivity contribution in [3.63, 3.8) is 0 Å². The second-order valence-corrected chi connectivity index (χ2v) is 10.1. The molecule has 0 bridgehead atoms. The van der Waals surface area contributed by atoms with Gasteiger partial charge in [-0.3, -0.25) is 4.99 Å². The summed E-state index contributed by atoms with van der Waals surface area (Å²) in [4.78, 5) is 7.40. The van der Waals surface area contributed by atoms with Crippen LogP contribution in [0, 0.1) is 0 Å². The van der Waals surface area contributed by atoms with Crippen LogP contribution in [0.1, 0.15) is 26.2 Å². The number of aliphatic imine (C=N–C) groups is 1. The van der Waals surface area contributed by atoms with Gasteiger partial charge in [-0.1, -0.05) is 18.2 Å². The minimum absolute atomic E-state index is 0. The molecule has 1 fully saturated rings. The summed E-state index contributed by atoms with van der Waals surface area (Å²) < 4.78 is 24.7. The molecule has 0 aliphatic carbocycles. The maximum absolute atomic E-state index is 12.4. The number of halogens is 1. The molecule has 2 N–H and O–H groups in total. The zero-order valence-electron chi connectivity index (χ0n) is 17.3. The Labute approximate surface area is 201 Å². The largest absolute Gasteiger partial charge is 0.363 e. The summed E-state index contributed by atoms with van der Waals surface area (Å²) in [5, 5.41) is 10.2. The minimum Gasteiger partial charge on any atom is -0.363 e. The molecule has 1 aromatic heterocycles. The van der Waals surface area contributed by atoms with Gasteiger partial charge < -0.3 is 15.5 Å². The molecule has 0 radical (unpaired) electrons. The Morgan fingerprint density at radius 2 is 1.90 bits per heavy atom. The van der Waals surface area contributed by atoms with E-state index in [9.17, 15) is 8.42 Å². The van der Waals surface area contributed by atoms with Crippen LogP contribution in [0.5, 0.6) is 0 Å². The predicted octanol–water partition coefficient (Wildman–Crippen LogP) is 3.75. The molecule has 0 unspecified atom stereocenters. The van der Waals surface area contributed by atoms with Crippen LogP contribution >= 0.6 is 35.3 Å². The summed E-state index contributed by atoms with van der Waals surface area (Å²) in [7, 11) is -3.24. The summed E-state index contributed by atoms with van der Waals surface area (Å²) in [6.07, 6.45) is 2.63. The van der Waals surface area contributed by atoms with Crippen molar-refractivity contribution in [2.45, 2.75) is 37.1 Å². The predicted molar refractivity (Wildman–Crippen MR) is 137 cm³/mol. The van der Waals surface area contributed by atoms with Crippen LogP contribution in [0.25, 0.3) is 0 Å². The van der Waals surface area contributed by atoms with Gasteiger partial charge in [0.05, 0.1) is 15.6 Å². The second-order valence-electron chi connectivity index (χ2n) is 7.10. The molecule has 0 saturated carbocycles. The van der Waals surface area contributed by atoms with Gasteiger partial charge in [0.1, 0.15) is 0 Å². The molecule has 0 spiro atoms. The maximum Gasteiger partial charge on any atom is 0.191 e. The third kappa shape index (κ3) is 7.42. The normalized spacial score (nSPS) is 15.5. The third-order valence-corrected chi connectivity index (χ3v) is 7.69. The van der Waals surface area contributed by atoms with Gasteiger partial charge in [-0.05, 0) is 55.8 Å². The molecule has 1 aliphatic heterocycles. The lowest BCUT2D eigenvalue weighted by molar-refractivity contribution is 0.463. The summed E-state index contributed by atoms with van der Waals surface area (Å²) in [6, 6.07) is 13.3. The summed E-state index contributed by atoms with van der Waals surface area (Å²) in [6.45, 7) is 5.37. The number of piperidine rings is 1. The number of sulfone groups is 1. The molecular formula is C21H31IN4O2S2. The van der Waals surface area contributed by atoms with Crippen molar-refractivity contribution >= 4 is 56.1 Å². The molecule has 3 rings (SSSR count). The van der Waals surface area contributed by atoms with E-state index in [4.69, 9.17) is 0 Å². The van der Waals surface area contributed by atoms with E-state index < -0.39 is 9.84 Å². The summed E-state index contributed by atoms with van der Waals surface area (Å²) in [5.74, 6) is 0.887. The first-order chi connectivity index (χ1) is 14.1.